The third-order valence-corrected chi connectivity index (χ3v) is 4.40. The first-order valence-electron chi connectivity index (χ1n) is 7.57. The lowest BCUT2D eigenvalue weighted by atomic mass is 9.92. The summed E-state index contributed by atoms with van der Waals surface area (Å²) < 4.78 is 5.39. The summed E-state index contributed by atoms with van der Waals surface area (Å²) in [5.41, 5.74) is 2.95. The second kappa shape index (κ2) is 6.42. The summed E-state index contributed by atoms with van der Waals surface area (Å²) >= 11 is 0. The fourth-order valence-corrected chi connectivity index (χ4v) is 3.29. The molecule has 0 aliphatic heterocycles. The van der Waals surface area contributed by atoms with Crippen LogP contribution in [0.15, 0.2) is 54.6 Å². The van der Waals surface area contributed by atoms with Gasteiger partial charge >= 0.3 is 0 Å². The average molecular weight is 296 g/mol. The van der Waals surface area contributed by atoms with Gasteiger partial charge in [0, 0.05) is 19.4 Å². The van der Waals surface area contributed by atoms with E-state index in [4.69, 9.17) is 4.74 Å². The van der Waals surface area contributed by atoms with Crippen molar-refractivity contribution >= 4 is 5.78 Å². The topological polar surface area (TPSA) is 46.5 Å². The van der Waals surface area contributed by atoms with Crippen LogP contribution in [0.25, 0.3) is 0 Å². The number of ketones is 1. The first-order chi connectivity index (χ1) is 10.7. The highest BCUT2D eigenvalue weighted by molar-refractivity contribution is 5.84. The Balaban J connectivity index is 1.72. The van der Waals surface area contributed by atoms with E-state index in [-0.39, 0.29) is 11.7 Å². The third kappa shape index (κ3) is 2.82. The zero-order valence-corrected chi connectivity index (χ0v) is 12.6. The van der Waals surface area contributed by atoms with Gasteiger partial charge in [0.15, 0.2) is 5.78 Å². The average Bonchev–Trinajstić information content (AvgIpc) is 2.86. The summed E-state index contributed by atoms with van der Waals surface area (Å²) in [6.07, 6.45) is -0.0529. The van der Waals surface area contributed by atoms with E-state index in [0.717, 1.165) is 23.1 Å². The van der Waals surface area contributed by atoms with Crippen LogP contribution < -0.4 is 0 Å². The van der Waals surface area contributed by atoms with Crippen LogP contribution in [-0.4, -0.2) is 18.0 Å². The molecule has 0 saturated carbocycles. The standard InChI is InChI=1S/C19H20O3/c1-22-19(13-7-3-2-4-8-13)17(20)12-15-11-14-9-5-6-10-16(14)18(15)21/h2-10,15,18-19,21H,11-12H2,1H3/t15?,18?,19-/m0/s1. The van der Waals surface area contributed by atoms with Crippen LogP contribution in [0.1, 0.15) is 35.3 Å². The molecule has 0 fully saturated rings. The van der Waals surface area contributed by atoms with Gasteiger partial charge in [-0.05, 0) is 23.1 Å². The Morgan fingerprint density at radius 2 is 1.86 bits per heavy atom. The molecule has 2 unspecified atom stereocenters. The van der Waals surface area contributed by atoms with Crippen LogP contribution in [0, 0.1) is 5.92 Å². The molecule has 1 aliphatic rings. The number of hydrogen-bond donors (Lipinski definition) is 1. The molecule has 3 atom stereocenters. The fraction of sp³-hybridized carbons (Fsp3) is 0.316. The molecule has 1 N–H and O–H groups in total. The number of ether oxygens (including phenoxy) is 1. The van der Waals surface area contributed by atoms with Crippen LogP contribution in [-0.2, 0) is 16.0 Å². The Kier molecular flexibility index (Phi) is 4.36. The van der Waals surface area contributed by atoms with Gasteiger partial charge in [0.1, 0.15) is 6.10 Å². The SMILES string of the molecule is CO[C@H](C(=O)CC1Cc2ccccc2C1O)c1ccccc1. The first-order valence-corrected chi connectivity index (χ1v) is 7.57. The van der Waals surface area contributed by atoms with Crippen molar-refractivity contribution in [3.63, 3.8) is 0 Å². The number of carbonyl (C=O) groups is 1. The maximum absolute atomic E-state index is 12.6. The second-order valence-electron chi connectivity index (χ2n) is 5.80. The molecular formula is C19H20O3. The molecule has 114 valence electrons. The van der Waals surface area contributed by atoms with Gasteiger partial charge in [-0.2, -0.15) is 0 Å². The molecule has 3 heteroatoms. The van der Waals surface area contributed by atoms with Crippen molar-refractivity contribution in [2.45, 2.75) is 25.0 Å². The largest absolute Gasteiger partial charge is 0.388 e. The molecule has 0 amide bonds. The highest BCUT2D eigenvalue weighted by Gasteiger charge is 2.34. The van der Waals surface area contributed by atoms with Crippen molar-refractivity contribution in [1.82, 2.24) is 0 Å². The van der Waals surface area contributed by atoms with Crippen molar-refractivity contribution in [3.05, 3.63) is 71.3 Å². The minimum atomic E-state index is -0.562. The van der Waals surface area contributed by atoms with Gasteiger partial charge in [0.2, 0.25) is 0 Å². The summed E-state index contributed by atoms with van der Waals surface area (Å²) in [5.74, 6) is -0.0446. The van der Waals surface area contributed by atoms with E-state index >= 15 is 0 Å². The quantitative estimate of drug-likeness (QED) is 0.921. The smallest absolute Gasteiger partial charge is 0.166 e. The third-order valence-electron chi connectivity index (χ3n) is 4.40. The van der Waals surface area contributed by atoms with Crippen molar-refractivity contribution in [2.24, 2.45) is 5.92 Å². The van der Waals surface area contributed by atoms with Crippen molar-refractivity contribution in [1.29, 1.82) is 0 Å². The molecular weight excluding hydrogens is 276 g/mol. The van der Waals surface area contributed by atoms with Gasteiger partial charge in [0.25, 0.3) is 0 Å². The Morgan fingerprint density at radius 3 is 2.55 bits per heavy atom. The second-order valence-corrected chi connectivity index (χ2v) is 5.80. The van der Waals surface area contributed by atoms with Crippen molar-refractivity contribution in [2.75, 3.05) is 7.11 Å². The highest BCUT2D eigenvalue weighted by atomic mass is 16.5. The number of rotatable bonds is 5. The van der Waals surface area contributed by atoms with E-state index in [9.17, 15) is 9.90 Å². The summed E-state index contributed by atoms with van der Waals surface area (Å²) in [6, 6.07) is 17.4. The van der Waals surface area contributed by atoms with Gasteiger partial charge in [-0.1, -0.05) is 54.6 Å². The van der Waals surface area contributed by atoms with Crippen LogP contribution >= 0.6 is 0 Å². The fourth-order valence-electron chi connectivity index (χ4n) is 3.29. The molecule has 0 saturated heterocycles. The summed E-state index contributed by atoms with van der Waals surface area (Å²) in [6.45, 7) is 0. The van der Waals surface area contributed by atoms with E-state index in [1.807, 2.05) is 54.6 Å². The molecule has 0 bridgehead atoms. The van der Waals surface area contributed by atoms with Crippen molar-refractivity contribution in [3.8, 4) is 0 Å². The highest BCUT2D eigenvalue weighted by Crippen LogP contribution is 2.38. The lowest BCUT2D eigenvalue weighted by molar-refractivity contribution is -0.131. The zero-order valence-electron chi connectivity index (χ0n) is 12.6. The molecule has 2 aromatic carbocycles. The number of methoxy groups -OCH3 is 1. The van der Waals surface area contributed by atoms with Crippen LogP contribution in [0.3, 0.4) is 0 Å². The molecule has 0 radical (unpaired) electrons. The molecule has 22 heavy (non-hydrogen) atoms. The van der Waals surface area contributed by atoms with E-state index in [2.05, 4.69) is 0 Å². The maximum atomic E-state index is 12.6. The Morgan fingerprint density at radius 1 is 1.18 bits per heavy atom. The van der Waals surface area contributed by atoms with Gasteiger partial charge in [-0.15, -0.1) is 0 Å². The van der Waals surface area contributed by atoms with Gasteiger partial charge in [0.05, 0.1) is 6.10 Å². The monoisotopic (exact) mass is 296 g/mol. The Bertz CT molecular complexity index is 651. The molecule has 3 nitrogen and oxygen atoms in total. The van der Waals surface area contributed by atoms with E-state index < -0.39 is 12.2 Å². The van der Waals surface area contributed by atoms with E-state index in [1.54, 1.807) is 7.11 Å². The van der Waals surface area contributed by atoms with Gasteiger partial charge in [-0.3, -0.25) is 4.79 Å². The summed E-state index contributed by atoms with van der Waals surface area (Å²) in [4.78, 5) is 12.6. The summed E-state index contributed by atoms with van der Waals surface area (Å²) in [7, 11) is 1.55. The minimum Gasteiger partial charge on any atom is -0.388 e. The summed E-state index contributed by atoms with van der Waals surface area (Å²) in [5, 5.41) is 10.4. The van der Waals surface area contributed by atoms with Gasteiger partial charge in [-0.25, -0.2) is 0 Å². The number of benzene rings is 2. The Labute approximate surface area is 130 Å². The molecule has 0 heterocycles. The molecule has 1 aliphatic carbocycles. The predicted octanol–water partition coefficient (Wildman–Crippen LogP) is 3.24. The Hall–Kier alpha value is -1.97. The maximum Gasteiger partial charge on any atom is 0.166 e. The number of carbonyl (C=O) groups excluding carboxylic acids is 1. The lowest BCUT2D eigenvalue weighted by Crippen LogP contribution is -2.20. The number of Topliss-reactive ketones (excluding diaryl/α,β-unsaturated/α-hetero) is 1. The van der Waals surface area contributed by atoms with Crippen LogP contribution in [0.4, 0.5) is 0 Å². The van der Waals surface area contributed by atoms with E-state index in [1.165, 1.54) is 0 Å². The number of hydrogen-bond acceptors (Lipinski definition) is 3. The predicted molar refractivity (Wildman–Crippen MR) is 84.4 cm³/mol. The van der Waals surface area contributed by atoms with Gasteiger partial charge < -0.3 is 9.84 Å². The van der Waals surface area contributed by atoms with Crippen LogP contribution in [0.2, 0.25) is 0 Å². The number of aliphatic hydroxyl groups excluding tert-OH is 1. The normalized spacial score (nSPS) is 21.4. The number of aliphatic hydroxyl groups is 1. The molecule has 0 spiro atoms. The van der Waals surface area contributed by atoms with Crippen molar-refractivity contribution < 1.29 is 14.6 Å². The zero-order chi connectivity index (χ0) is 15.5. The lowest BCUT2D eigenvalue weighted by Gasteiger charge is -2.19. The molecule has 0 aromatic heterocycles. The minimum absolute atomic E-state index is 0.0190. The molecule has 2 aromatic rings. The number of fused-ring (bicyclic) bond motifs is 1. The van der Waals surface area contributed by atoms with Crippen LogP contribution in [0.5, 0.6) is 0 Å². The first kappa shape index (κ1) is 14.9. The molecule has 3 rings (SSSR count). The van der Waals surface area contributed by atoms with E-state index in [0.29, 0.717) is 6.42 Å².